The summed E-state index contributed by atoms with van der Waals surface area (Å²) in [6.07, 6.45) is 6.07. The summed E-state index contributed by atoms with van der Waals surface area (Å²) < 4.78 is 46.2. The SMILES string of the molecule is Cc1cccc(-c2nc(S(=O)(=O)c3ccc4c(c3)OCCO4)c(NCCCn3ccnc3)o2)c1. The van der Waals surface area contributed by atoms with Gasteiger partial charge in [-0.05, 0) is 37.6 Å². The molecule has 0 fully saturated rings. The molecule has 3 heterocycles. The van der Waals surface area contributed by atoms with Crippen molar-refractivity contribution in [2.75, 3.05) is 25.1 Å². The molecule has 9 nitrogen and oxygen atoms in total. The fourth-order valence-corrected chi connectivity index (χ4v) is 4.98. The van der Waals surface area contributed by atoms with Crippen LogP contribution in [0.5, 0.6) is 11.5 Å². The quantitative estimate of drug-likeness (QED) is 0.378. The third-order valence-corrected chi connectivity index (χ3v) is 7.04. The van der Waals surface area contributed by atoms with Crippen molar-refractivity contribution in [1.29, 1.82) is 0 Å². The van der Waals surface area contributed by atoms with E-state index in [4.69, 9.17) is 13.9 Å². The number of oxazole rings is 1. The van der Waals surface area contributed by atoms with Crippen molar-refractivity contribution >= 4 is 15.7 Å². The molecule has 0 radical (unpaired) electrons. The minimum absolute atomic E-state index is 0.0577. The van der Waals surface area contributed by atoms with E-state index in [1.807, 2.05) is 42.0 Å². The summed E-state index contributed by atoms with van der Waals surface area (Å²) in [6.45, 7) is 3.96. The van der Waals surface area contributed by atoms with Crippen molar-refractivity contribution in [3.8, 4) is 23.0 Å². The first-order valence-corrected chi connectivity index (χ1v) is 12.4. The van der Waals surface area contributed by atoms with Crippen molar-refractivity contribution in [3.05, 3.63) is 66.7 Å². The van der Waals surface area contributed by atoms with E-state index < -0.39 is 9.84 Å². The Morgan fingerprint density at radius 1 is 1.09 bits per heavy atom. The highest BCUT2D eigenvalue weighted by atomic mass is 32.2. The maximum atomic E-state index is 13.6. The Balaban J connectivity index is 1.47. The standard InChI is InChI=1S/C24H24N4O5S/c1-17-4-2-5-18(14-17)22-27-24(23(33-22)26-8-3-10-28-11-9-25-16-28)34(29,30)19-6-7-20-21(15-19)32-13-12-31-20/h2,4-7,9,11,14-16,26H,3,8,10,12-13H2,1H3. The van der Waals surface area contributed by atoms with Gasteiger partial charge in [-0.2, -0.15) is 4.98 Å². The van der Waals surface area contributed by atoms with Crippen LogP contribution < -0.4 is 14.8 Å². The number of nitrogens with zero attached hydrogens (tertiary/aromatic N) is 3. The predicted octanol–water partition coefficient (Wildman–Crippen LogP) is 3.95. The summed E-state index contributed by atoms with van der Waals surface area (Å²) in [5.74, 6) is 1.25. The van der Waals surface area contributed by atoms with Crippen LogP contribution in [0.25, 0.3) is 11.5 Å². The van der Waals surface area contributed by atoms with Crippen LogP contribution in [0, 0.1) is 6.92 Å². The number of hydrogen-bond acceptors (Lipinski definition) is 8. The van der Waals surface area contributed by atoms with Gasteiger partial charge in [0.05, 0.1) is 11.2 Å². The molecule has 0 amide bonds. The smallest absolute Gasteiger partial charge is 0.233 e. The number of hydrogen-bond donors (Lipinski definition) is 1. The van der Waals surface area contributed by atoms with E-state index in [2.05, 4.69) is 15.3 Å². The van der Waals surface area contributed by atoms with E-state index in [-0.39, 0.29) is 21.7 Å². The molecule has 2 aromatic carbocycles. The Morgan fingerprint density at radius 3 is 2.74 bits per heavy atom. The molecule has 2 aromatic heterocycles. The molecule has 34 heavy (non-hydrogen) atoms. The number of imidazole rings is 1. The van der Waals surface area contributed by atoms with Crippen molar-refractivity contribution in [3.63, 3.8) is 0 Å². The molecule has 176 valence electrons. The molecule has 4 aromatic rings. The number of aromatic nitrogens is 3. The number of sulfone groups is 1. The molecular weight excluding hydrogens is 456 g/mol. The third-order valence-electron chi connectivity index (χ3n) is 5.38. The Labute approximate surface area is 197 Å². The van der Waals surface area contributed by atoms with E-state index in [0.717, 1.165) is 18.5 Å². The lowest BCUT2D eigenvalue weighted by atomic mass is 10.1. The lowest BCUT2D eigenvalue weighted by Gasteiger charge is -2.18. The number of rotatable bonds is 8. The highest BCUT2D eigenvalue weighted by Crippen LogP contribution is 2.37. The van der Waals surface area contributed by atoms with Crippen LogP contribution in [-0.4, -0.2) is 42.7 Å². The number of ether oxygens (including phenoxy) is 2. The van der Waals surface area contributed by atoms with Crippen molar-refractivity contribution < 1.29 is 22.3 Å². The van der Waals surface area contributed by atoms with Crippen LogP contribution in [0.3, 0.4) is 0 Å². The van der Waals surface area contributed by atoms with Gasteiger partial charge in [0.15, 0.2) is 11.5 Å². The lowest BCUT2D eigenvalue weighted by molar-refractivity contribution is 0.171. The molecular formula is C24H24N4O5S. The monoisotopic (exact) mass is 480 g/mol. The zero-order valence-electron chi connectivity index (χ0n) is 18.6. The maximum absolute atomic E-state index is 13.6. The van der Waals surface area contributed by atoms with Gasteiger partial charge >= 0.3 is 0 Å². The van der Waals surface area contributed by atoms with Crippen LogP contribution in [0.4, 0.5) is 5.88 Å². The van der Waals surface area contributed by atoms with Gasteiger partial charge in [0.25, 0.3) is 0 Å². The number of benzene rings is 2. The average Bonchev–Trinajstić information content (AvgIpc) is 3.52. The van der Waals surface area contributed by atoms with Gasteiger partial charge < -0.3 is 23.8 Å². The van der Waals surface area contributed by atoms with Crippen LogP contribution in [0.2, 0.25) is 0 Å². The number of nitrogens with one attached hydrogen (secondary N) is 1. The zero-order valence-corrected chi connectivity index (χ0v) is 19.4. The minimum atomic E-state index is -4.00. The number of fused-ring (bicyclic) bond motifs is 1. The first kappa shape index (κ1) is 22.0. The van der Waals surface area contributed by atoms with E-state index in [9.17, 15) is 8.42 Å². The van der Waals surface area contributed by atoms with Crippen LogP contribution >= 0.6 is 0 Å². The molecule has 0 unspecified atom stereocenters. The second-order valence-corrected chi connectivity index (χ2v) is 9.78. The normalized spacial score (nSPS) is 13.1. The van der Waals surface area contributed by atoms with E-state index in [0.29, 0.717) is 36.8 Å². The molecule has 1 N–H and O–H groups in total. The summed E-state index contributed by atoms with van der Waals surface area (Å²) in [5, 5.41) is 2.96. The summed E-state index contributed by atoms with van der Waals surface area (Å²) in [6, 6.07) is 12.1. The molecule has 5 rings (SSSR count). The van der Waals surface area contributed by atoms with Crippen LogP contribution in [0.1, 0.15) is 12.0 Å². The van der Waals surface area contributed by atoms with E-state index in [1.54, 1.807) is 18.6 Å². The summed E-state index contributed by atoms with van der Waals surface area (Å²) in [7, 11) is -4.00. The number of aryl methyl sites for hydroxylation is 2. The van der Waals surface area contributed by atoms with Crippen molar-refractivity contribution in [2.45, 2.75) is 29.8 Å². The molecule has 0 bridgehead atoms. The summed E-state index contributed by atoms with van der Waals surface area (Å²) >= 11 is 0. The van der Waals surface area contributed by atoms with Gasteiger partial charge in [-0.25, -0.2) is 13.4 Å². The maximum Gasteiger partial charge on any atom is 0.233 e. The summed E-state index contributed by atoms with van der Waals surface area (Å²) in [4.78, 5) is 8.49. The highest BCUT2D eigenvalue weighted by Gasteiger charge is 2.30. The summed E-state index contributed by atoms with van der Waals surface area (Å²) in [5.41, 5.74) is 1.71. The van der Waals surface area contributed by atoms with Crippen LogP contribution in [0.15, 0.2) is 75.5 Å². The van der Waals surface area contributed by atoms with Gasteiger partial charge in [-0.1, -0.05) is 17.7 Å². The fraction of sp³-hybridized carbons (Fsp3) is 0.250. The molecule has 0 saturated heterocycles. The first-order valence-electron chi connectivity index (χ1n) is 10.9. The lowest BCUT2D eigenvalue weighted by Crippen LogP contribution is -2.16. The van der Waals surface area contributed by atoms with Crippen molar-refractivity contribution in [2.24, 2.45) is 0 Å². The molecule has 0 atom stereocenters. The highest BCUT2D eigenvalue weighted by molar-refractivity contribution is 7.91. The molecule has 1 aliphatic heterocycles. The van der Waals surface area contributed by atoms with Gasteiger partial charge in [-0.3, -0.25) is 0 Å². The third kappa shape index (κ3) is 4.49. The van der Waals surface area contributed by atoms with Gasteiger partial charge in [0.2, 0.25) is 26.6 Å². The topological polar surface area (TPSA) is 108 Å². The molecule has 0 aliphatic carbocycles. The van der Waals surface area contributed by atoms with Gasteiger partial charge in [-0.15, -0.1) is 0 Å². The Bertz CT molecular complexity index is 1400. The van der Waals surface area contributed by atoms with Crippen molar-refractivity contribution in [1.82, 2.24) is 14.5 Å². The van der Waals surface area contributed by atoms with Gasteiger partial charge in [0, 0.05) is 37.1 Å². The van der Waals surface area contributed by atoms with E-state index in [1.165, 1.54) is 12.1 Å². The Kier molecular flexibility index (Phi) is 5.97. The van der Waals surface area contributed by atoms with E-state index >= 15 is 0 Å². The molecule has 1 aliphatic rings. The second-order valence-electron chi connectivity index (χ2n) is 7.91. The first-order chi connectivity index (χ1) is 16.5. The molecule has 0 spiro atoms. The zero-order chi connectivity index (χ0) is 23.5. The van der Waals surface area contributed by atoms with Crippen LogP contribution in [-0.2, 0) is 16.4 Å². The fourth-order valence-electron chi connectivity index (χ4n) is 3.69. The molecule has 0 saturated carbocycles. The van der Waals surface area contributed by atoms with Gasteiger partial charge in [0.1, 0.15) is 13.2 Å². The Morgan fingerprint density at radius 2 is 1.94 bits per heavy atom. The average molecular weight is 481 g/mol. The number of anilines is 1. The molecule has 10 heteroatoms. The predicted molar refractivity (Wildman–Crippen MR) is 125 cm³/mol. The largest absolute Gasteiger partial charge is 0.486 e. The minimum Gasteiger partial charge on any atom is -0.486 e. The second kappa shape index (κ2) is 9.22. The Hall–Kier alpha value is -3.79.